The molecule has 1 unspecified atom stereocenters. The van der Waals surface area contributed by atoms with Crippen LogP contribution in [0.5, 0.6) is 0 Å². The number of halogens is 1. The number of aromatic nitrogens is 2. The van der Waals surface area contributed by atoms with Crippen LogP contribution < -0.4 is 5.73 Å². The van der Waals surface area contributed by atoms with Crippen molar-refractivity contribution < 1.29 is 13.2 Å². The summed E-state index contributed by atoms with van der Waals surface area (Å²) < 4.78 is 27.1. The molecule has 1 atom stereocenters. The molecule has 2 rings (SSSR count). The van der Waals surface area contributed by atoms with Crippen molar-refractivity contribution in [3.8, 4) is 0 Å². The number of nitrogens with zero attached hydrogens (tertiary/aromatic N) is 3. The van der Waals surface area contributed by atoms with Gasteiger partial charge in [-0.25, -0.2) is 13.4 Å². The Kier molecular flexibility index (Phi) is 3.35. The molecule has 0 bridgehead atoms. The van der Waals surface area contributed by atoms with E-state index in [1.165, 1.54) is 10.9 Å². The van der Waals surface area contributed by atoms with Crippen LogP contribution in [0.3, 0.4) is 0 Å². The van der Waals surface area contributed by atoms with Crippen LogP contribution in [0.25, 0.3) is 0 Å². The molecule has 2 heterocycles. The van der Waals surface area contributed by atoms with Crippen LogP contribution in [-0.2, 0) is 21.9 Å². The van der Waals surface area contributed by atoms with Crippen molar-refractivity contribution in [2.45, 2.75) is 23.9 Å². The first kappa shape index (κ1) is 13.3. The molecule has 0 radical (unpaired) electrons. The number of hydrogen-bond donors (Lipinski definition) is 1. The number of amides is 1. The predicted molar refractivity (Wildman–Crippen MR) is 64.3 cm³/mol. The third kappa shape index (κ3) is 2.00. The summed E-state index contributed by atoms with van der Waals surface area (Å²) >= 11 is 5.88. The summed E-state index contributed by atoms with van der Waals surface area (Å²) in [6.07, 6.45) is 2.33. The van der Waals surface area contributed by atoms with Gasteiger partial charge < -0.3 is 10.3 Å². The standard InChI is InChI=1S/C9H13ClN4O3S/c1-13-5-12-9(7(13)10)18(16,17)14-4-2-3-6(14)8(11)15/h5-6H,2-4H2,1H3,(H2,11,15). The quantitative estimate of drug-likeness (QED) is 0.828. The molecule has 7 nitrogen and oxygen atoms in total. The third-order valence-electron chi connectivity index (χ3n) is 2.92. The van der Waals surface area contributed by atoms with Crippen molar-refractivity contribution in [2.24, 2.45) is 12.8 Å². The zero-order valence-electron chi connectivity index (χ0n) is 9.71. The Hall–Kier alpha value is -1.12. The van der Waals surface area contributed by atoms with E-state index in [0.29, 0.717) is 12.8 Å². The van der Waals surface area contributed by atoms with Crippen molar-refractivity contribution in [2.75, 3.05) is 6.54 Å². The highest BCUT2D eigenvalue weighted by Crippen LogP contribution is 2.28. The van der Waals surface area contributed by atoms with Crippen molar-refractivity contribution in [3.05, 3.63) is 11.5 Å². The minimum atomic E-state index is -3.87. The maximum absolute atomic E-state index is 12.3. The maximum Gasteiger partial charge on any atom is 0.264 e. The molecule has 2 N–H and O–H groups in total. The number of sulfonamides is 1. The molecular weight excluding hydrogens is 280 g/mol. The van der Waals surface area contributed by atoms with Crippen molar-refractivity contribution in [1.82, 2.24) is 13.9 Å². The van der Waals surface area contributed by atoms with E-state index in [1.807, 2.05) is 0 Å². The summed E-state index contributed by atoms with van der Waals surface area (Å²) in [5.41, 5.74) is 5.20. The van der Waals surface area contributed by atoms with Crippen LogP contribution in [0, 0.1) is 0 Å². The van der Waals surface area contributed by atoms with Gasteiger partial charge in [0.2, 0.25) is 10.9 Å². The van der Waals surface area contributed by atoms with Crippen LogP contribution in [0.2, 0.25) is 5.15 Å². The van der Waals surface area contributed by atoms with Crippen molar-refractivity contribution >= 4 is 27.5 Å². The topological polar surface area (TPSA) is 98.3 Å². The molecule has 18 heavy (non-hydrogen) atoms. The Morgan fingerprint density at radius 1 is 1.61 bits per heavy atom. The van der Waals surface area contributed by atoms with E-state index in [9.17, 15) is 13.2 Å². The second kappa shape index (κ2) is 4.52. The van der Waals surface area contributed by atoms with Crippen LogP contribution in [0.1, 0.15) is 12.8 Å². The summed E-state index contributed by atoms with van der Waals surface area (Å²) in [6, 6.07) is -0.812. The van der Waals surface area contributed by atoms with Crippen LogP contribution in [-0.4, -0.2) is 40.8 Å². The largest absolute Gasteiger partial charge is 0.368 e. The minimum absolute atomic E-state index is 0.0186. The lowest BCUT2D eigenvalue weighted by molar-refractivity contribution is -0.121. The highest BCUT2D eigenvalue weighted by molar-refractivity contribution is 7.89. The predicted octanol–water partition coefficient (Wildman–Crippen LogP) is -0.288. The van der Waals surface area contributed by atoms with Gasteiger partial charge in [-0.2, -0.15) is 4.31 Å². The summed E-state index contributed by atoms with van der Waals surface area (Å²) in [6.45, 7) is 0.253. The number of imidazole rings is 1. The maximum atomic E-state index is 12.3. The lowest BCUT2D eigenvalue weighted by Gasteiger charge is -2.20. The summed E-state index contributed by atoms with van der Waals surface area (Å²) in [5, 5.41) is -0.218. The molecule has 0 spiro atoms. The molecule has 0 saturated carbocycles. The highest BCUT2D eigenvalue weighted by Gasteiger charge is 2.40. The first-order valence-corrected chi connectivity index (χ1v) is 7.15. The Bertz CT molecular complexity index is 583. The number of primary amides is 1. The number of carbonyl (C=O) groups is 1. The molecule has 100 valence electrons. The lowest BCUT2D eigenvalue weighted by Crippen LogP contribution is -2.43. The fourth-order valence-electron chi connectivity index (χ4n) is 1.99. The van der Waals surface area contributed by atoms with Crippen molar-refractivity contribution in [3.63, 3.8) is 0 Å². The van der Waals surface area contributed by atoms with Gasteiger partial charge >= 0.3 is 0 Å². The van der Waals surface area contributed by atoms with Gasteiger partial charge in [0.05, 0.1) is 6.33 Å². The Morgan fingerprint density at radius 3 is 2.78 bits per heavy atom. The van der Waals surface area contributed by atoms with E-state index in [-0.39, 0.29) is 16.7 Å². The van der Waals surface area contributed by atoms with Crippen LogP contribution in [0.4, 0.5) is 0 Å². The van der Waals surface area contributed by atoms with Gasteiger partial charge in [-0.05, 0) is 12.8 Å². The van der Waals surface area contributed by atoms with E-state index in [2.05, 4.69) is 4.98 Å². The molecule has 1 saturated heterocycles. The lowest BCUT2D eigenvalue weighted by atomic mass is 10.2. The average Bonchev–Trinajstić information content (AvgIpc) is 2.87. The third-order valence-corrected chi connectivity index (χ3v) is 5.32. The Morgan fingerprint density at radius 2 is 2.28 bits per heavy atom. The number of nitrogens with two attached hydrogens (primary N) is 1. The number of aryl methyl sites for hydroxylation is 1. The summed E-state index contributed by atoms with van der Waals surface area (Å²) in [7, 11) is -2.29. The van der Waals surface area contributed by atoms with Crippen molar-refractivity contribution in [1.29, 1.82) is 0 Å². The first-order valence-electron chi connectivity index (χ1n) is 5.33. The second-order valence-corrected chi connectivity index (χ2v) is 6.29. The summed E-state index contributed by atoms with van der Waals surface area (Å²) in [4.78, 5) is 15.0. The Balaban J connectivity index is 2.43. The number of carbonyl (C=O) groups excluding carboxylic acids is 1. The number of rotatable bonds is 3. The Labute approximate surface area is 110 Å². The highest BCUT2D eigenvalue weighted by atomic mass is 35.5. The van der Waals surface area contributed by atoms with Gasteiger partial charge in [0, 0.05) is 13.6 Å². The number of hydrogen-bond acceptors (Lipinski definition) is 4. The molecule has 9 heteroatoms. The van der Waals surface area contributed by atoms with E-state index >= 15 is 0 Å². The van der Waals surface area contributed by atoms with E-state index in [1.54, 1.807) is 7.05 Å². The van der Waals surface area contributed by atoms with Gasteiger partial charge in [0.1, 0.15) is 11.2 Å². The molecule has 1 aliphatic heterocycles. The van der Waals surface area contributed by atoms with Crippen LogP contribution in [0.15, 0.2) is 11.4 Å². The average molecular weight is 293 g/mol. The molecule has 0 aromatic carbocycles. The van der Waals surface area contributed by atoms with Gasteiger partial charge in [-0.1, -0.05) is 11.6 Å². The fourth-order valence-corrected chi connectivity index (χ4v) is 4.05. The minimum Gasteiger partial charge on any atom is -0.368 e. The molecule has 1 amide bonds. The second-order valence-electron chi connectivity index (χ2n) is 4.13. The zero-order valence-corrected chi connectivity index (χ0v) is 11.3. The van der Waals surface area contributed by atoms with Gasteiger partial charge in [-0.15, -0.1) is 0 Å². The van der Waals surface area contributed by atoms with E-state index < -0.39 is 22.0 Å². The monoisotopic (exact) mass is 292 g/mol. The van der Waals surface area contributed by atoms with Gasteiger partial charge in [-0.3, -0.25) is 4.79 Å². The summed E-state index contributed by atoms with van der Waals surface area (Å²) in [5.74, 6) is -0.650. The molecule has 1 fully saturated rings. The van der Waals surface area contributed by atoms with Gasteiger partial charge in [0.25, 0.3) is 10.0 Å². The van der Waals surface area contributed by atoms with Gasteiger partial charge in [0.15, 0.2) is 0 Å². The molecule has 1 aromatic rings. The fraction of sp³-hybridized carbons (Fsp3) is 0.556. The normalized spacial score (nSPS) is 21.3. The molecule has 1 aromatic heterocycles. The van der Waals surface area contributed by atoms with E-state index in [4.69, 9.17) is 17.3 Å². The molecule has 1 aliphatic rings. The molecule has 0 aliphatic carbocycles. The van der Waals surface area contributed by atoms with E-state index in [0.717, 1.165) is 4.31 Å². The zero-order chi connectivity index (χ0) is 13.5. The SMILES string of the molecule is Cn1cnc(S(=O)(=O)N2CCCC2C(N)=O)c1Cl. The van der Waals surface area contributed by atoms with Crippen LogP contribution >= 0.6 is 11.6 Å². The molecular formula is C9H13ClN4O3S. The smallest absolute Gasteiger partial charge is 0.264 e. The first-order chi connectivity index (χ1) is 8.35.